The summed E-state index contributed by atoms with van der Waals surface area (Å²) >= 11 is 1.62. The largest absolute Gasteiger partial charge is 0.478 e. The van der Waals surface area contributed by atoms with E-state index in [1.165, 1.54) is 0 Å². The van der Waals surface area contributed by atoms with Crippen molar-refractivity contribution in [1.29, 1.82) is 0 Å². The van der Waals surface area contributed by atoms with E-state index in [0.717, 1.165) is 49.8 Å². The predicted octanol–water partition coefficient (Wildman–Crippen LogP) is 2.57. The second-order valence-corrected chi connectivity index (χ2v) is 6.79. The fraction of sp³-hybridized carbons (Fsp3) is 0.412. The van der Waals surface area contributed by atoms with Crippen LogP contribution < -0.4 is 9.64 Å². The van der Waals surface area contributed by atoms with Gasteiger partial charge in [0, 0.05) is 49.2 Å². The Balaban J connectivity index is 1.55. The fourth-order valence-corrected chi connectivity index (χ4v) is 3.91. The molecule has 8 heteroatoms. The number of ether oxygens (including phenoxy) is 1. The zero-order valence-electron chi connectivity index (χ0n) is 14.1. The summed E-state index contributed by atoms with van der Waals surface area (Å²) in [4.78, 5) is 20.0. The summed E-state index contributed by atoms with van der Waals surface area (Å²) in [7, 11) is 1.63. The number of hydrogen-bond donors (Lipinski definition) is 0. The fourth-order valence-electron chi connectivity index (χ4n) is 3.36. The van der Waals surface area contributed by atoms with Crippen LogP contribution in [0.4, 0.5) is 5.82 Å². The minimum absolute atomic E-state index is 0.356. The summed E-state index contributed by atoms with van der Waals surface area (Å²) in [5.41, 5.74) is 2.95. The van der Waals surface area contributed by atoms with Crippen LogP contribution in [0.5, 0.6) is 5.88 Å². The second-order valence-electron chi connectivity index (χ2n) is 6.07. The van der Waals surface area contributed by atoms with Crippen LogP contribution in [0.25, 0.3) is 0 Å². The van der Waals surface area contributed by atoms with Gasteiger partial charge < -0.3 is 14.2 Å². The molecular formula is C17H20N6OS. The quantitative estimate of drug-likeness (QED) is 0.700. The van der Waals surface area contributed by atoms with Gasteiger partial charge in [-0.3, -0.25) is 0 Å². The van der Waals surface area contributed by atoms with E-state index >= 15 is 0 Å². The average Bonchev–Trinajstić information content (AvgIpc) is 3.34. The van der Waals surface area contributed by atoms with Gasteiger partial charge in [-0.25, -0.2) is 19.9 Å². The summed E-state index contributed by atoms with van der Waals surface area (Å²) in [6.07, 6.45) is 9.50. The van der Waals surface area contributed by atoms with Gasteiger partial charge in [0.25, 0.3) is 5.88 Å². The molecule has 1 aliphatic heterocycles. The predicted molar refractivity (Wildman–Crippen MR) is 96.2 cm³/mol. The standard InChI is InChI=1S/C17H20N6OS/c1-24-17-16(18-4-5-20-17)22-7-2-3-13(9-22)15-19-6-8-23(15)10-14-11-25-12-21-14/h4-6,8,11-13H,2-3,7,9-10H2,1H3/t13-/m1/s1. The monoisotopic (exact) mass is 356 g/mol. The van der Waals surface area contributed by atoms with E-state index in [4.69, 9.17) is 4.74 Å². The highest BCUT2D eigenvalue weighted by Crippen LogP contribution is 2.31. The lowest BCUT2D eigenvalue weighted by Gasteiger charge is -2.33. The van der Waals surface area contributed by atoms with Crippen LogP contribution in [-0.2, 0) is 6.54 Å². The smallest absolute Gasteiger partial charge is 0.257 e. The number of thiazole rings is 1. The van der Waals surface area contributed by atoms with Crippen LogP contribution in [0.2, 0.25) is 0 Å². The molecule has 0 radical (unpaired) electrons. The Morgan fingerprint density at radius 3 is 2.96 bits per heavy atom. The maximum atomic E-state index is 5.38. The second kappa shape index (κ2) is 7.18. The topological polar surface area (TPSA) is 69.0 Å². The van der Waals surface area contributed by atoms with Crippen molar-refractivity contribution >= 4 is 17.2 Å². The molecule has 1 fully saturated rings. The number of rotatable bonds is 5. The molecule has 0 amide bonds. The molecule has 0 saturated carbocycles. The highest BCUT2D eigenvalue weighted by Gasteiger charge is 2.27. The molecule has 1 atom stereocenters. The molecule has 7 nitrogen and oxygen atoms in total. The van der Waals surface area contributed by atoms with Gasteiger partial charge in [0.1, 0.15) is 5.82 Å². The van der Waals surface area contributed by atoms with Crippen LogP contribution in [0.15, 0.2) is 35.7 Å². The van der Waals surface area contributed by atoms with Crippen molar-refractivity contribution in [3.05, 3.63) is 47.2 Å². The normalized spacial score (nSPS) is 17.6. The number of anilines is 1. The number of aromatic nitrogens is 5. The van der Waals surface area contributed by atoms with E-state index in [1.807, 2.05) is 17.9 Å². The first kappa shape index (κ1) is 16.0. The van der Waals surface area contributed by atoms with Crippen molar-refractivity contribution in [3.8, 4) is 5.88 Å². The van der Waals surface area contributed by atoms with Crippen LogP contribution >= 0.6 is 11.3 Å². The SMILES string of the molecule is COc1nccnc1N1CCC[C@@H](c2nccn2Cc2cscn2)C1. The Hall–Kier alpha value is -2.48. The van der Waals surface area contributed by atoms with Crippen molar-refractivity contribution in [2.24, 2.45) is 0 Å². The number of hydrogen-bond acceptors (Lipinski definition) is 7. The molecule has 130 valence electrons. The highest BCUT2D eigenvalue weighted by atomic mass is 32.1. The van der Waals surface area contributed by atoms with Gasteiger partial charge in [-0.1, -0.05) is 0 Å². The van der Waals surface area contributed by atoms with Crippen LogP contribution in [-0.4, -0.2) is 44.7 Å². The van der Waals surface area contributed by atoms with Crippen LogP contribution in [0.3, 0.4) is 0 Å². The number of piperidine rings is 1. The summed E-state index contributed by atoms with van der Waals surface area (Å²) < 4.78 is 7.58. The molecule has 3 aromatic rings. The summed E-state index contributed by atoms with van der Waals surface area (Å²) in [6.45, 7) is 2.59. The van der Waals surface area contributed by atoms with Crippen molar-refractivity contribution in [2.75, 3.05) is 25.1 Å². The summed E-state index contributed by atoms with van der Waals surface area (Å²) in [5.74, 6) is 2.86. The Bertz CT molecular complexity index is 818. The Kier molecular flexibility index (Phi) is 4.60. The minimum Gasteiger partial charge on any atom is -0.478 e. The molecule has 0 spiro atoms. The molecule has 0 aliphatic carbocycles. The maximum Gasteiger partial charge on any atom is 0.257 e. The molecule has 25 heavy (non-hydrogen) atoms. The van der Waals surface area contributed by atoms with Gasteiger partial charge in [0.05, 0.1) is 24.9 Å². The van der Waals surface area contributed by atoms with E-state index in [0.29, 0.717) is 11.8 Å². The van der Waals surface area contributed by atoms with E-state index in [2.05, 4.69) is 34.8 Å². The molecule has 0 N–H and O–H groups in total. The van der Waals surface area contributed by atoms with Crippen molar-refractivity contribution < 1.29 is 4.74 Å². The molecule has 0 bridgehead atoms. The van der Waals surface area contributed by atoms with Crippen molar-refractivity contribution in [2.45, 2.75) is 25.3 Å². The van der Waals surface area contributed by atoms with Gasteiger partial charge in [-0.05, 0) is 12.8 Å². The van der Waals surface area contributed by atoms with Gasteiger partial charge in [0.2, 0.25) is 0 Å². The molecule has 3 aromatic heterocycles. The number of methoxy groups -OCH3 is 1. The third-order valence-corrected chi connectivity index (χ3v) is 5.12. The van der Waals surface area contributed by atoms with E-state index in [9.17, 15) is 0 Å². The summed E-state index contributed by atoms with van der Waals surface area (Å²) in [6, 6.07) is 0. The lowest BCUT2D eigenvalue weighted by Crippen LogP contribution is -2.36. The Morgan fingerprint density at radius 2 is 2.12 bits per heavy atom. The first-order valence-corrected chi connectivity index (χ1v) is 9.27. The van der Waals surface area contributed by atoms with E-state index < -0.39 is 0 Å². The number of nitrogens with zero attached hydrogens (tertiary/aromatic N) is 6. The van der Waals surface area contributed by atoms with Gasteiger partial charge in [-0.2, -0.15) is 0 Å². The lowest BCUT2D eigenvalue weighted by atomic mass is 9.97. The van der Waals surface area contributed by atoms with Crippen LogP contribution in [0, 0.1) is 0 Å². The molecular weight excluding hydrogens is 336 g/mol. The van der Waals surface area contributed by atoms with Gasteiger partial charge >= 0.3 is 0 Å². The highest BCUT2D eigenvalue weighted by molar-refractivity contribution is 7.07. The molecule has 1 saturated heterocycles. The van der Waals surface area contributed by atoms with Gasteiger partial charge in [-0.15, -0.1) is 11.3 Å². The first-order valence-electron chi connectivity index (χ1n) is 8.33. The zero-order chi connectivity index (χ0) is 17.1. The third kappa shape index (κ3) is 3.34. The summed E-state index contributed by atoms with van der Waals surface area (Å²) in [5, 5.41) is 2.08. The Morgan fingerprint density at radius 1 is 1.20 bits per heavy atom. The van der Waals surface area contributed by atoms with Crippen LogP contribution in [0.1, 0.15) is 30.3 Å². The Labute approximate surface area is 150 Å². The van der Waals surface area contributed by atoms with Crippen molar-refractivity contribution in [1.82, 2.24) is 24.5 Å². The molecule has 0 unspecified atom stereocenters. The van der Waals surface area contributed by atoms with Gasteiger partial charge in [0.15, 0.2) is 5.82 Å². The lowest BCUT2D eigenvalue weighted by molar-refractivity contribution is 0.390. The number of imidazole rings is 1. The molecule has 4 rings (SSSR count). The molecule has 0 aromatic carbocycles. The molecule has 4 heterocycles. The van der Waals surface area contributed by atoms with E-state index in [1.54, 1.807) is 30.8 Å². The maximum absolute atomic E-state index is 5.38. The van der Waals surface area contributed by atoms with E-state index in [-0.39, 0.29) is 0 Å². The zero-order valence-corrected chi connectivity index (χ0v) is 14.9. The average molecular weight is 356 g/mol. The third-order valence-electron chi connectivity index (χ3n) is 4.49. The first-order chi connectivity index (χ1) is 12.3. The van der Waals surface area contributed by atoms with Crippen molar-refractivity contribution in [3.63, 3.8) is 0 Å². The molecule has 1 aliphatic rings. The minimum atomic E-state index is 0.356.